The van der Waals surface area contributed by atoms with Crippen molar-refractivity contribution in [3.63, 3.8) is 0 Å². The number of hydrogen-bond donors (Lipinski definition) is 3. The van der Waals surface area contributed by atoms with E-state index >= 15 is 0 Å². The molecule has 0 aliphatic heterocycles. The predicted octanol–water partition coefficient (Wildman–Crippen LogP) is 0.587. The molecule has 1 rings (SSSR count). The Morgan fingerprint density at radius 2 is 1.72 bits per heavy atom. The molecule has 0 saturated heterocycles. The van der Waals surface area contributed by atoms with Crippen LogP contribution in [-0.2, 0) is 25.7 Å². The summed E-state index contributed by atoms with van der Waals surface area (Å²) in [7, 11) is 1.22. The Balaban J connectivity index is 2.56. The molecule has 8 heteroatoms. The molecule has 0 spiro atoms. The number of rotatable bonds is 8. The smallest absolute Gasteiger partial charge is 0.331 e. The summed E-state index contributed by atoms with van der Waals surface area (Å²) in [6.45, 7) is 2.86. The normalized spacial score (nSPS) is 12.8. The third kappa shape index (κ3) is 6.80. The van der Waals surface area contributed by atoms with Crippen molar-refractivity contribution in [2.75, 3.05) is 13.7 Å². The lowest BCUT2D eigenvalue weighted by atomic mass is 10.1. The predicted molar refractivity (Wildman–Crippen MR) is 89.4 cm³/mol. The molecular formula is C17H24N2O6. The van der Waals surface area contributed by atoms with E-state index in [1.807, 2.05) is 6.07 Å². The summed E-state index contributed by atoms with van der Waals surface area (Å²) in [5.74, 6) is -1.59. The van der Waals surface area contributed by atoms with Crippen molar-refractivity contribution < 1.29 is 29.0 Å². The Kier molecular flexibility index (Phi) is 8.42. The van der Waals surface area contributed by atoms with Crippen molar-refractivity contribution >= 4 is 18.0 Å². The first-order valence-electron chi connectivity index (χ1n) is 7.85. The van der Waals surface area contributed by atoms with Crippen LogP contribution in [0.5, 0.6) is 0 Å². The highest BCUT2D eigenvalue weighted by molar-refractivity contribution is 5.87. The van der Waals surface area contributed by atoms with Crippen molar-refractivity contribution in [2.45, 2.75) is 32.5 Å². The van der Waals surface area contributed by atoms with Gasteiger partial charge < -0.3 is 25.2 Å². The van der Waals surface area contributed by atoms with E-state index in [1.54, 1.807) is 38.1 Å². The second-order valence-electron chi connectivity index (χ2n) is 5.69. The Morgan fingerprint density at radius 3 is 2.24 bits per heavy atom. The van der Waals surface area contributed by atoms with Gasteiger partial charge in [0.05, 0.1) is 13.7 Å². The van der Waals surface area contributed by atoms with Crippen LogP contribution in [-0.4, -0.2) is 48.9 Å². The lowest BCUT2D eigenvalue weighted by molar-refractivity contribution is -0.148. The van der Waals surface area contributed by atoms with Gasteiger partial charge in [0.15, 0.2) is 6.04 Å². The molecule has 1 aromatic rings. The summed E-state index contributed by atoms with van der Waals surface area (Å²) in [6, 6.07) is 6.11. The lowest BCUT2D eigenvalue weighted by Gasteiger charge is -2.22. The molecule has 0 aliphatic carbocycles. The van der Waals surface area contributed by atoms with Crippen LogP contribution in [0, 0.1) is 5.92 Å². The van der Waals surface area contributed by atoms with Gasteiger partial charge in [-0.05, 0) is 11.5 Å². The number of nitrogens with one attached hydrogen (secondary N) is 2. The van der Waals surface area contributed by atoms with Gasteiger partial charge in [-0.2, -0.15) is 0 Å². The minimum Gasteiger partial charge on any atom is -0.467 e. The number of urea groups is 1. The summed E-state index contributed by atoms with van der Waals surface area (Å²) >= 11 is 0. The fourth-order valence-electron chi connectivity index (χ4n) is 1.97. The third-order valence-corrected chi connectivity index (χ3v) is 3.40. The molecule has 0 aliphatic rings. The van der Waals surface area contributed by atoms with Crippen LogP contribution in [0.4, 0.5) is 4.79 Å². The minimum atomic E-state index is -1.24. The monoisotopic (exact) mass is 352 g/mol. The number of carbonyl (C=O) groups excluding carboxylic acids is 3. The van der Waals surface area contributed by atoms with E-state index in [1.165, 1.54) is 7.11 Å². The van der Waals surface area contributed by atoms with Crippen LogP contribution < -0.4 is 10.6 Å². The number of amides is 2. The number of benzene rings is 1. The topological polar surface area (TPSA) is 114 Å². The average Bonchev–Trinajstić information content (AvgIpc) is 2.62. The Bertz CT molecular complexity index is 576. The molecular weight excluding hydrogens is 328 g/mol. The summed E-state index contributed by atoms with van der Waals surface area (Å²) in [5.41, 5.74) is 0.780. The summed E-state index contributed by atoms with van der Waals surface area (Å²) in [5, 5.41) is 14.0. The molecule has 0 unspecified atom stereocenters. The molecule has 0 radical (unpaired) electrons. The zero-order valence-corrected chi connectivity index (χ0v) is 14.5. The van der Waals surface area contributed by atoms with E-state index in [0.29, 0.717) is 0 Å². The van der Waals surface area contributed by atoms with Crippen LogP contribution in [0.15, 0.2) is 30.3 Å². The van der Waals surface area contributed by atoms with Crippen LogP contribution in [0.25, 0.3) is 0 Å². The second kappa shape index (κ2) is 10.3. The van der Waals surface area contributed by atoms with Crippen molar-refractivity contribution in [2.24, 2.45) is 5.92 Å². The van der Waals surface area contributed by atoms with Gasteiger partial charge >= 0.3 is 18.0 Å². The van der Waals surface area contributed by atoms with Gasteiger partial charge in [-0.15, -0.1) is 0 Å². The Hall–Kier alpha value is -2.61. The number of carbonyl (C=O) groups is 3. The molecule has 0 aromatic heterocycles. The molecule has 1 aromatic carbocycles. The zero-order valence-electron chi connectivity index (χ0n) is 14.5. The number of aliphatic hydroxyl groups is 1. The molecule has 25 heavy (non-hydrogen) atoms. The fraction of sp³-hybridized carbons (Fsp3) is 0.471. The summed E-state index contributed by atoms with van der Waals surface area (Å²) in [6.07, 6.45) is 0. The number of methoxy groups -OCH3 is 1. The van der Waals surface area contributed by atoms with Crippen LogP contribution in [0.2, 0.25) is 0 Å². The average molecular weight is 352 g/mol. The minimum absolute atomic E-state index is 0.0241. The molecule has 2 amide bonds. The molecule has 0 saturated carbocycles. The van der Waals surface area contributed by atoms with Crippen LogP contribution >= 0.6 is 0 Å². The first-order chi connectivity index (χ1) is 11.9. The van der Waals surface area contributed by atoms with Crippen molar-refractivity contribution in [3.8, 4) is 0 Å². The largest absolute Gasteiger partial charge is 0.467 e. The maximum absolute atomic E-state index is 12.0. The molecule has 8 nitrogen and oxygen atoms in total. The first-order valence-corrected chi connectivity index (χ1v) is 7.85. The van der Waals surface area contributed by atoms with Gasteiger partial charge in [-0.1, -0.05) is 44.2 Å². The highest BCUT2D eigenvalue weighted by atomic mass is 16.5. The standard InChI is InChI=1S/C17H24N2O6/c1-11(2)14(16(22)24-3)19-17(23)18-13(9-20)15(21)25-10-12-7-5-4-6-8-12/h4-8,11,13-14,20H,9-10H2,1-3H3,(H2,18,19,23)/t13-,14-/m0/s1. The highest BCUT2D eigenvalue weighted by Crippen LogP contribution is 2.04. The molecule has 0 heterocycles. The van der Waals surface area contributed by atoms with E-state index in [-0.39, 0.29) is 12.5 Å². The molecule has 0 fully saturated rings. The first kappa shape index (κ1) is 20.4. The molecule has 138 valence electrons. The van der Waals surface area contributed by atoms with Gasteiger partial charge in [0.1, 0.15) is 12.6 Å². The van der Waals surface area contributed by atoms with Crippen molar-refractivity contribution in [1.82, 2.24) is 10.6 Å². The maximum atomic E-state index is 12.0. The van der Waals surface area contributed by atoms with E-state index in [4.69, 9.17) is 4.74 Å². The second-order valence-corrected chi connectivity index (χ2v) is 5.69. The Labute approximate surface area is 146 Å². The number of esters is 2. The van der Waals surface area contributed by atoms with Gasteiger partial charge in [0, 0.05) is 0 Å². The lowest BCUT2D eigenvalue weighted by Crippen LogP contribution is -2.54. The quantitative estimate of drug-likeness (QED) is 0.590. The van der Waals surface area contributed by atoms with E-state index in [2.05, 4.69) is 15.4 Å². The number of hydrogen-bond acceptors (Lipinski definition) is 6. The van der Waals surface area contributed by atoms with Gasteiger partial charge in [-0.3, -0.25) is 0 Å². The molecule has 2 atom stereocenters. The SMILES string of the molecule is COC(=O)[C@@H](NC(=O)N[C@@H](CO)C(=O)OCc1ccccc1)C(C)C. The molecule has 3 N–H and O–H groups in total. The van der Waals surface area contributed by atoms with Gasteiger partial charge in [0.2, 0.25) is 0 Å². The van der Waals surface area contributed by atoms with E-state index in [9.17, 15) is 19.5 Å². The fourth-order valence-corrected chi connectivity index (χ4v) is 1.97. The summed E-state index contributed by atoms with van der Waals surface area (Å²) < 4.78 is 9.69. The van der Waals surface area contributed by atoms with Crippen LogP contribution in [0.3, 0.4) is 0 Å². The van der Waals surface area contributed by atoms with E-state index in [0.717, 1.165) is 5.56 Å². The third-order valence-electron chi connectivity index (χ3n) is 3.40. The van der Waals surface area contributed by atoms with Gasteiger partial charge in [-0.25, -0.2) is 14.4 Å². The van der Waals surface area contributed by atoms with Crippen molar-refractivity contribution in [3.05, 3.63) is 35.9 Å². The molecule has 0 bridgehead atoms. The van der Waals surface area contributed by atoms with Crippen molar-refractivity contribution in [1.29, 1.82) is 0 Å². The van der Waals surface area contributed by atoms with E-state index < -0.39 is 36.7 Å². The highest BCUT2D eigenvalue weighted by Gasteiger charge is 2.27. The van der Waals surface area contributed by atoms with Crippen LogP contribution in [0.1, 0.15) is 19.4 Å². The zero-order chi connectivity index (χ0) is 18.8. The number of aliphatic hydroxyl groups excluding tert-OH is 1. The number of ether oxygens (including phenoxy) is 2. The summed E-state index contributed by atoms with van der Waals surface area (Å²) in [4.78, 5) is 35.6. The van der Waals surface area contributed by atoms with Gasteiger partial charge in [0.25, 0.3) is 0 Å². The Morgan fingerprint density at radius 1 is 1.08 bits per heavy atom. The maximum Gasteiger partial charge on any atom is 0.331 e.